The molecule has 0 bridgehead atoms. The maximum absolute atomic E-state index is 12.5. The van der Waals surface area contributed by atoms with Gasteiger partial charge in [0.15, 0.2) is 0 Å². The molecule has 49 heavy (non-hydrogen) atoms. The number of rotatable bonds is 12. The van der Waals surface area contributed by atoms with Gasteiger partial charge in [0, 0.05) is 54.4 Å². The van der Waals surface area contributed by atoms with E-state index >= 15 is 0 Å². The molecule has 0 aliphatic rings. The number of non-ortho nitro benzene ring substituents is 2. The van der Waals surface area contributed by atoms with Crippen molar-refractivity contribution in [1.29, 1.82) is 0 Å². The van der Waals surface area contributed by atoms with E-state index in [0.29, 0.717) is 31.5 Å². The molecule has 0 saturated carbocycles. The van der Waals surface area contributed by atoms with Crippen LogP contribution in [0.25, 0.3) is 0 Å². The fourth-order valence-electron chi connectivity index (χ4n) is 3.66. The van der Waals surface area contributed by atoms with Crippen LogP contribution < -0.4 is 22.1 Å². The first kappa shape index (κ1) is 49.6. The second-order valence-corrected chi connectivity index (χ2v) is 11.1. The number of anilines is 3. The summed E-state index contributed by atoms with van der Waals surface area (Å²) in [6, 6.07) is 13.9. The number of nitro benzene ring substituents is 2. The van der Waals surface area contributed by atoms with Gasteiger partial charge in [0.1, 0.15) is 5.82 Å². The fraction of sp³-hybridized carbons (Fsp3) is 0.455. The van der Waals surface area contributed by atoms with Crippen LogP contribution in [0.1, 0.15) is 56.7 Å². The van der Waals surface area contributed by atoms with Crippen LogP contribution in [0.3, 0.4) is 0 Å². The van der Waals surface area contributed by atoms with E-state index in [9.17, 15) is 24.6 Å². The summed E-state index contributed by atoms with van der Waals surface area (Å²) in [6.07, 6.45) is 1.29. The molecule has 3 rings (SSSR count). The first-order valence-corrected chi connectivity index (χ1v) is 15.2. The van der Waals surface area contributed by atoms with Crippen LogP contribution in [0.4, 0.5) is 32.8 Å². The van der Waals surface area contributed by atoms with Gasteiger partial charge in [-0.1, -0.05) is 0 Å². The molecule has 278 valence electrons. The molecule has 3 aromatic rings. The fourth-order valence-corrected chi connectivity index (χ4v) is 3.66. The third kappa shape index (κ3) is 23.2. The van der Waals surface area contributed by atoms with E-state index in [1.807, 2.05) is 32.0 Å². The van der Waals surface area contributed by atoms with Crippen LogP contribution >= 0.6 is 24.8 Å². The zero-order valence-corrected chi connectivity index (χ0v) is 30.5. The molecule has 0 amide bonds. The number of nitrogens with one attached hydrogen (secondary N) is 2. The maximum atomic E-state index is 12.5. The van der Waals surface area contributed by atoms with E-state index in [2.05, 4.69) is 10.6 Å². The number of nitro groups is 2. The lowest BCUT2D eigenvalue weighted by Gasteiger charge is -2.10. The molecule has 0 aromatic heterocycles. The number of aliphatic hydroxyl groups is 3. The van der Waals surface area contributed by atoms with E-state index in [1.54, 1.807) is 26.8 Å². The van der Waals surface area contributed by atoms with Crippen molar-refractivity contribution in [2.75, 3.05) is 36.0 Å². The summed E-state index contributed by atoms with van der Waals surface area (Å²) in [5, 5.41) is 53.7. The molecular weight excluding hydrogens is 682 g/mol. The second kappa shape index (κ2) is 27.1. The third-order valence-electron chi connectivity index (χ3n) is 6.36. The zero-order chi connectivity index (χ0) is 36.1. The van der Waals surface area contributed by atoms with Crippen LogP contribution in [-0.2, 0) is 0 Å². The normalized spacial score (nSPS) is 11.5. The van der Waals surface area contributed by atoms with E-state index in [0.717, 1.165) is 53.3 Å². The Morgan fingerprint density at radius 1 is 0.694 bits per heavy atom. The lowest BCUT2D eigenvalue weighted by Crippen LogP contribution is -2.10. The Balaban J connectivity index is -0.000000594. The predicted octanol–water partition coefficient (Wildman–Crippen LogP) is 6.45. The minimum atomic E-state index is -0.549. The number of nitrogens with two attached hydrogens (primary N) is 2. The Labute approximate surface area is 300 Å². The van der Waals surface area contributed by atoms with Gasteiger partial charge in [-0.15, -0.1) is 24.8 Å². The number of halogens is 3. The van der Waals surface area contributed by atoms with Crippen LogP contribution in [0.2, 0.25) is 0 Å². The standard InChI is InChI=1S/C11H16N2O3.C11H18N2O.C7H6FNO2.C4H11NO.2ClH/c1-8-7-10(13(15)16)3-4-11(8)12-6-5-9(2)14;1-8-7-10(12)3-4-11(8)13-6-5-9(2)14;1-5-4-6(9(10)11)2-3-7(5)8;1-4(6)2-3-5;;/h3-4,7,9,12,14H,5-6H2,1-2H3;3-4,7,9,13-14H,5-6,12H2,1-2H3;2-4H,1H3;4,6H,2-3,5H2,1H3;2*1H. The Morgan fingerprint density at radius 3 is 1.41 bits per heavy atom. The minimum Gasteiger partial charge on any atom is -0.399 e. The Bertz CT molecular complexity index is 1390. The van der Waals surface area contributed by atoms with E-state index in [4.69, 9.17) is 26.8 Å². The van der Waals surface area contributed by atoms with Gasteiger partial charge in [0.25, 0.3) is 11.4 Å². The van der Waals surface area contributed by atoms with Crippen molar-refractivity contribution in [2.45, 2.75) is 79.1 Å². The first-order valence-electron chi connectivity index (χ1n) is 15.2. The molecule has 16 heteroatoms. The lowest BCUT2D eigenvalue weighted by molar-refractivity contribution is -0.385. The number of aliphatic hydroxyl groups excluding tert-OH is 3. The molecule has 3 unspecified atom stereocenters. The van der Waals surface area contributed by atoms with Gasteiger partial charge in [-0.2, -0.15) is 0 Å². The summed E-state index contributed by atoms with van der Waals surface area (Å²) < 4.78 is 12.5. The van der Waals surface area contributed by atoms with Crippen molar-refractivity contribution >= 4 is 53.3 Å². The van der Waals surface area contributed by atoms with Crippen LogP contribution in [0.5, 0.6) is 0 Å². The highest BCUT2D eigenvalue weighted by atomic mass is 35.5. The van der Waals surface area contributed by atoms with Crippen LogP contribution in [-0.4, -0.2) is 63.1 Å². The molecule has 3 aromatic carbocycles. The Hall–Kier alpha value is -3.79. The highest BCUT2D eigenvalue weighted by molar-refractivity contribution is 5.85. The van der Waals surface area contributed by atoms with Crippen molar-refractivity contribution in [3.05, 3.63) is 97.3 Å². The Morgan fingerprint density at radius 2 is 1.08 bits per heavy atom. The highest BCUT2D eigenvalue weighted by Gasteiger charge is 2.08. The molecule has 0 aliphatic carbocycles. The largest absolute Gasteiger partial charge is 0.399 e. The van der Waals surface area contributed by atoms with Crippen molar-refractivity contribution in [3.8, 4) is 0 Å². The van der Waals surface area contributed by atoms with Crippen LogP contribution in [0.15, 0.2) is 54.6 Å². The second-order valence-electron chi connectivity index (χ2n) is 11.1. The molecule has 13 nitrogen and oxygen atoms in total. The van der Waals surface area contributed by atoms with Gasteiger partial charge < -0.3 is 37.4 Å². The summed E-state index contributed by atoms with van der Waals surface area (Å²) in [7, 11) is 0. The maximum Gasteiger partial charge on any atom is 0.269 e. The van der Waals surface area contributed by atoms with Gasteiger partial charge in [0.05, 0.1) is 28.2 Å². The molecule has 0 saturated heterocycles. The van der Waals surface area contributed by atoms with Gasteiger partial charge in [-0.25, -0.2) is 4.39 Å². The third-order valence-corrected chi connectivity index (χ3v) is 6.36. The Kier molecular flexibility index (Phi) is 27.4. The van der Waals surface area contributed by atoms with E-state index in [1.165, 1.54) is 25.1 Å². The van der Waals surface area contributed by atoms with Crippen molar-refractivity contribution in [2.24, 2.45) is 5.73 Å². The molecule has 3 atom stereocenters. The average Bonchev–Trinajstić information content (AvgIpc) is 2.97. The molecular formula is C33H53Cl2FN6O7. The van der Waals surface area contributed by atoms with E-state index in [-0.39, 0.29) is 54.5 Å². The zero-order valence-electron chi connectivity index (χ0n) is 28.9. The topological polar surface area (TPSA) is 223 Å². The smallest absolute Gasteiger partial charge is 0.269 e. The summed E-state index contributed by atoms with van der Waals surface area (Å²) in [5.41, 5.74) is 15.7. The highest BCUT2D eigenvalue weighted by Crippen LogP contribution is 2.21. The van der Waals surface area contributed by atoms with Gasteiger partial charge in [0.2, 0.25) is 0 Å². The number of nitrogens with zero attached hydrogens (tertiary/aromatic N) is 2. The van der Waals surface area contributed by atoms with Crippen molar-refractivity contribution in [3.63, 3.8) is 0 Å². The number of benzene rings is 3. The van der Waals surface area contributed by atoms with Gasteiger partial charge in [-0.3, -0.25) is 20.2 Å². The summed E-state index contributed by atoms with van der Waals surface area (Å²) >= 11 is 0. The van der Waals surface area contributed by atoms with Crippen LogP contribution in [0, 0.1) is 46.8 Å². The molecule has 0 radical (unpaired) electrons. The summed E-state index contributed by atoms with van der Waals surface area (Å²) in [5.74, 6) is -0.421. The average molecular weight is 736 g/mol. The predicted molar refractivity (Wildman–Crippen MR) is 201 cm³/mol. The molecule has 0 aliphatic heterocycles. The molecule has 0 fully saturated rings. The number of hydrogen-bond acceptors (Lipinski definition) is 11. The lowest BCUT2D eigenvalue weighted by atomic mass is 10.1. The molecule has 9 N–H and O–H groups in total. The van der Waals surface area contributed by atoms with Crippen molar-refractivity contribution < 1.29 is 29.6 Å². The minimum absolute atomic E-state index is 0. The number of nitrogen functional groups attached to an aromatic ring is 1. The van der Waals surface area contributed by atoms with Crippen molar-refractivity contribution in [1.82, 2.24) is 0 Å². The molecule has 0 spiro atoms. The number of aryl methyl sites for hydroxylation is 3. The first-order chi connectivity index (χ1) is 22.0. The number of hydrogen-bond donors (Lipinski definition) is 7. The molecule has 0 heterocycles. The monoisotopic (exact) mass is 734 g/mol. The van der Waals surface area contributed by atoms with Gasteiger partial charge >= 0.3 is 0 Å². The van der Waals surface area contributed by atoms with Gasteiger partial charge in [-0.05, 0) is 114 Å². The SMILES string of the molecule is CC(O)CCN.Cc1cc(N)ccc1NCCC(C)O.Cc1cc([N+](=O)[O-])ccc1F.Cc1cc([N+](=O)[O-])ccc1NCCC(C)O.Cl.Cl. The summed E-state index contributed by atoms with van der Waals surface area (Å²) in [6.45, 7) is 12.6. The van der Waals surface area contributed by atoms with E-state index < -0.39 is 15.7 Å². The summed E-state index contributed by atoms with van der Waals surface area (Å²) in [4.78, 5) is 19.7. The quantitative estimate of drug-likeness (QED) is 0.0608.